The van der Waals surface area contributed by atoms with Crippen LogP contribution in [0.2, 0.25) is 0 Å². The van der Waals surface area contributed by atoms with Crippen molar-refractivity contribution >= 4 is 23.3 Å². The zero-order chi connectivity index (χ0) is 20.8. The Hall–Kier alpha value is -3.87. The third kappa shape index (κ3) is 4.90. The largest absolute Gasteiger partial charge is 0.452 e. The van der Waals surface area contributed by atoms with Gasteiger partial charge in [0.25, 0.3) is 5.91 Å². The number of hydrogen-bond donors (Lipinski definition) is 1. The number of esters is 1. The number of carbonyl (C=O) groups excluding carboxylic acids is 3. The molecule has 0 bridgehead atoms. The van der Waals surface area contributed by atoms with Crippen molar-refractivity contribution in [2.24, 2.45) is 0 Å². The maximum absolute atomic E-state index is 13.2. The van der Waals surface area contributed by atoms with Crippen molar-refractivity contribution in [1.29, 1.82) is 0 Å². The molecule has 0 aliphatic heterocycles. The standard InChI is InChI=1S/C22H15F2NO4/c23-17-11-10-15(12-18(17)24)22(28)29-13-20(26)25-19-9-5-4-8-16(19)21(27)14-6-2-1-3-7-14/h1-12H,13H2,(H,25,26). The van der Waals surface area contributed by atoms with Crippen molar-refractivity contribution in [2.45, 2.75) is 0 Å². The topological polar surface area (TPSA) is 72.5 Å². The first kappa shape index (κ1) is 19.9. The molecule has 5 nitrogen and oxygen atoms in total. The molecule has 0 fully saturated rings. The maximum atomic E-state index is 13.2. The summed E-state index contributed by atoms with van der Waals surface area (Å²) < 4.78 is 30.9. The van der Waals surface area contributed by atoms with Crippen LogP contribution in [0.25, 0.3) is 0 Å². The molecule has 0 saturated carbocycles. The second-order valence-corrected chi connectivity index (χ2v) is 5.99. The molecule has 0 radical (unpaired) electrons. The number of carbonyl (C=O) groups is 3. The van der Waals surface area contributed by atoms with E-state index >= 15 is 0 Å². The average molecular weight is 395 g/mol. The SMILES string of the molecule is O=C(COC(=O)c1ccc(F)c(F)c1)Nc1ccccc1C(=O)c1ccccc1. The van der Waals surface area contributed by atoms with E-state index in [0.717, 1.165) is 12.1 Å². The van der Waals surface area contributed by atoms with E-state index in [9.17, 15) is 23.2 Å². The van der Waals surface area contributed by atoms with Crippen LogP contribution in [0.1, 0.15) is 26.3 Å². The lowest BCUT2D eigenvalue weighted by molar-refractivity contribution is -0.119. The Labute approximate surface area is 164 Å². The van der Waals surface area contributed by atoms with E-state index in [1.54, 1.807) is 54.6 Å². The van der Waals surface area contributed by atoms with Crippen molar-refractivity contribution in [1.82, 2.24) is 0 Å². The Morgan fingerprint density at radius 3 is 2.21 bits per heavy atom. The molecule has 3 rings (SSSR count). The first-order chi connectivity index (χ1) is 14.0. The summed E-state index contributed by atoms with van der Waals surface area (Å²) in [5.41, 5.74) is 0.768. The predicted molar refractivity (Wildman–Crippen MR) is 102 cm³/mol. The lowest BCUT2D eigenvalue weighted by Crippen LogP contribution is -2.22. The van der Waals surface area contributed by atoms with E-state index in [0.29, 0.717) is 11.6 Å². The highest BCUT2D eigenvalue weighted by Crippen LogP contribution is 2.19. The molecular formula is C22H15F2NO4. The van der Waals surface area contributed by atoms with Crippen LogP contribution < -0.4 is 5.32 Å². The van der Waals surface area contributed by atoms with Gasteiger partial charge < -0.3 is 10.1 Å². The third-order valence-electron chi connectivity index (χ3n) is 3.97. The van der Waals surface area contributed by atoms with Crippen molar-refractivity contribution < 1.29 is 27.9 Å². The second kappa shape index (κ2) is 8.88. The number of hydrogen-bond acceptors (Lipinski definition) is 4. The van der Waals surface area contributed by atoms with Gasteiger partial charge in [0.2, 0.25) is 0 Å². The number of para-hydroxylation sites is 1. The summed E-state index contributed by atoms with van der Waals surface area (Å²) in [6.45, 7) is -0.661. The smallest absolute Gasteiger partial charge is 0.338 e. The number of benzene rings is 3. The maximum Gasteiger partial charge on any atom is 0.338 e. The van der Waals surface area contributed by atoms with Crippen molar-refractivity contribution in [2.75, 3.05) is 11.9 Å². The highest BCUT2D eigenvalue weighted by molar-refractivity contribution is 6.13. The van der Waals surface area contributed by atoms with Gasteiger partial charge in [0.1, 0.15) is 0 Å². The van der Waals surface area contributed by atoms with Crippen LogP contribution in [0.15, 0.2) is 72.8 Å². The summed E-state index contributed by atoms with van der Waals surface area (Å²) >= 11 is 0. The zero-order valence-electron chi connectivity index (χ0n) is 15.0. The molecular weight excluding hydrogens is 380 g/mol. The number of amides is 1. The van der Waals surface area contributed by atoms with Gasteiger partial charge in [0.15, 0.2) is 24.0 Å². The molecule has 0 atom stereocenters. The van der Waals surface area contributed by atoms with E-state index < -0.39 is 30.1 Å². The normalized spacial score (nSPS) is 10.3. The fourth-order valence-electron chi connectivity index (χ4n) is 2.56. The molecule has 0 unspecified atom stereocenters. The number of ketones is 1. The van der Waals surface area contributed by atoms with Crippen LogP contribution in [0.5, 0.6) is 0 Å². The summed E-state index contributed by atoms with van der Waals surface area (Å²) in [4.78, 5) is 36.7. The van der Waals surface area contributed by atoms with Gasteiger partial charge in [0, 0.05) is 11.1 Å². The van der Waals surface area contributed by atoms with Gasteiger partial charge in [-0.3, -0.25) is 9.59 Å². The molecule has 0 aliphatic rings. The first-order valence-electron chi connectivity index (χ1n) is 8.56. The summed E-state index contributed by atoms with van der Waals surface area (Å²) in [5.74, 6) is -4.24. The van der Waals surface area contributed by atoms with Gasteiger partial charge in [-0.2, -0.15) is 0 Å². The number of halogens is 2. The van der Waals surface area contributed by atoms with Gasteiger partial charge in [0.05, 0.1) is 11.3 Å². The van der Waals surface area contributed by atoms with E-state index in [1.165, 1.54) is 0 Å². The molecule has 0 spiro atoms. The fourth-order valence-corrected chi connectivity index (χ4v) is 2.56. The van der Waals surface area contributed by atoms with Crippen molar-refractivity contribution in [3.05, 3.63) is 101 Å². The molecule has 0 aliphatic carbocycles. The zero-order valence-corrected chi connectivity index (χ0v) is 15.0. The Morgan fingerprint density at radius 1 is 0.793 bits per heavy atom. The Bertz CT molecular complexity index is 1070. The average Bonchev–Trinajstić information content (AvgIpc) is 2.74. The van der Waals surface area contributed by atoms with Gasteiger partial charge in [-0.1, -0.05) is 42.5 Å². The van der Waals surface area contributed by atoms with Crippen LogP contribution in [0, 0.1) is 11.6 Å². The quantitative estimate of drug-likeness (QED) is 0.506. The summed E-state index contributed by atoms with van der Waals surface area (Å²) in [6.07, 6.45) is 0. The molecule has 7 heteroatoms. The van der Waals surface area contributed by atoms with Crippen LogP contribution in [-0.2, 0) is 9.53 Å². The molecule has 29 heavy (non-hydrogen) atoms. The molecule has 0 saturated heterocycles. The predicted octanol–water partition coefficient (Wildman–Crippen LogP) is 3.99. The molecule has 3 aromatic carbocycles. The molecule has 1 amide bonds. The fraction of sp³-hybridized carbons (Fsp3) is 0.0455. The minimum Gasteiger partial charge on any atom is -0.452 e. The Kier molecular flexibility index (Phi) is 6.09. The van der Waals surface area contributed by atoms with Gasteiger partial charge >= 0.3 is 5.97 Å². The van der Waals surface area contributed by atoms with Crippen molar-refractivity contribution in [3.8, 4) is 0 Å². The number of ether oxygens (including phenoxy) is 1. The molecule has 1 N–H and O–H groups in total. The summed E-state index contributed by atoms with van der Waals surface area (Å²) in [7, 11) is 0. The summed E-state index contributed by atoms with van der Waals surface area (Å²) in [6, 6.07) is 17.5. The van der Waals surface area contributed by atoms with E-state index in [-0.39, 0.29) is 22.6 Å². The Balaban J connectivity index is 1.66. The second-order valence-electron chi connectivity index (χ2n) is 5.99. The van der Waals surface area contributed by atoms with Gasteiger partial charge in [-0.05, 0) is 30.3 Å². The number of nitrogens with one attached hydrogen (secondary N) is 1. The lowest BCUT2D eigenvalue weighted by atomic mass is 10.0. The van der Waals surface area contributed by atoms with Crippen LogP contribution in [-0.4, -0.2) is 24.3 Å². The van der Waals surface area contributed by atoms with E-state index in [2.05, 4.69) is 5.32 Å². The minimum absolute atomic E-state index is 0.226. The minimum atomic E-state index is -1.20. The molecule has 0 aromatic heterocycles. The van der Waals surface area contributed by atoms with Crippen molar-refractivity contribution in [3.63, 3.8) is 0 Å². The lowest BCUT2D eigenvalue weighted by Gasteiger charge is -2.11. The Morgan fingerprint density at radius 2 is 1.48 bits per heavy atom. The van der Waals surface area contributed by atoms with Crippen LogP contribution in [0.3, 0.4) is 0 Å². The number of anilines is 1. The van der Waals surface area contributed by atoms with E-state index in [4.69, 9.17) is 4.74 Å². The van der Waals surface area contributed by atoms with Gasteiger partial charge in [-0.25, -0.2) is 13.6 Å². The van der Waals surface area contributed by atoms with E-state index in [1.807, 2.05) is 0 Å². The van der Waals surface area contributed by atoms with Crippen LogP contribution >= 0.6 is 0 Å². The first-order valence-corrected chi connectivity index (χ1v) is 8.56. The summed E-state index contributed by atoms with van der Waals surface area (Å²) in [5, 5.41) is 2.52. The highest BCUT2D eigenvalue weighted by atomic mass is 19.2. The third-order valence-corrected chi connectivity index (χ3v) is 3.97. The molecule has 146 valence electrons. The highest BCUT2D eigenvalue weighted by Gasteiger charge is 2.16. The monoisotopic (exact) mass is 395 g/mol. The number of rotatable bonds is 6. The molecule has 0 heterocycles. The van der Waals surface area contributed by atoms with Crippen LogP contribution in [0.4, 0.5) is 14.5 Å². The van der Waals surface area contributed by atoms with Gasteiger partial charge in [-0.15, -0.1) is 0 Å². The molecule has 3 aromatic rings.